The van der Waals surface area contributed by atoms with Gasteiger partial charge in [0.15, 0.2) is 18.1 Å². The van der Waals surface area contributed by atoms with E-state index in [4.69, 9.17) is 25.8 Å². The van der Waals surface area contributed by atoms with Crippen molar-refractivity contribution in [2.45, 2.75) is 6.18 Å². The third-order valence-electron chi connectivity index (χ3n) is 3.28. The van der Waals surface area contributed by atoms with Gasteiger partial charge in [0, 0.05) is 6.07 Å². The summed E-state index contributed by atoms with van der Waals surface area (Å²) in [5, 5.41) is 2.28. The molecule has 1 N–H and O–H groups in total. The van der Waals surface area contributed by atoms with Crippen molar-refractivity contribution in [3.8, 4) is 17.2 Å². The lowest BCUT2D eigenvalue weighted by molar-refractivity contribution is -0.137. The summed E-state index contributed by atoms with van der Waals surface area (Å²) in [6.07, 6.45) is -4.53. The highest BCUT2D eigenvalue weighted by Crippen LogP contribution is 2.35. The maximum Gasteiger partial charge on any atom is 0.416 e. The minimum atomic E-state index is -4.53. The number of alkyl halides is 3. The Morgan fingerprint density at radius 2 is 1.92 bits per heavy atom. The van der Waals surface area contributed by atoms with Gasteiger partial charge in [0.05, 0.1) is 16.3 Å². The zero-order valence-electron chi connectivity index (χ0n) is 12.5. The van der Waals surface area contributed by atoms with Gasteiger partial charge in [-0.3, -0.25) is 4.79 Å². The van der Waals surface area contributed by atoms with Crippen molar-refractivity contribution < 1.29 is 32.2 Å². The summed E-state index contributed by atoms with van der Waals surface area (Å²) < 4.78 is 53.8. The number of anilines is 1. The van der Waals surface area contributed by atoms with Crippen molar-refractivity contribution in [1.29, 1.82) is 0 Å². The van der Waals surface area contributed by atoms with E-state index in [1.165, 1.54) is 0 Å². The Balaban J connectivity index is 1.63. The van der Waals surface area contributed by atoms with Crippen LogP contribution in [0.5, 0.6) is 17.2 Å². The fourth-order valence-electron chi connectivity index (χ4n) is 2.10. The van der Waals surface area contributed by atoms with E-state index in [9.17, 15) is 18.0 Å². The third-order valence-corrected chi connectivity index (χ3v) is 3.61. The Morgan fingerprint density at radius 3 is 2.68 bits per heavy atom. The number of ether oxygens (including phenoxy) is 3. The van der Waals surface area contributed by atoms with Crippen LogP contribution in [0.15, 0.2) is 36.4 Å². The number of fused-ring (bicyclic) bond motifs is 1. The Hall–Kier alpha value is -2.61. The van der Waals surface area contributed by atoms with Gasteiger partial charge in [-0.25, -0.2) is 0 Å². The van der Waals surface area contributed by atoms with E-state index < -0.39 is 24.3 Å². The molecule has 0 atom stereocenters. The average Bonchev–Trinajstić information content (AvgIpc) is 3.01. The molecular weight excluding hydrogens is 363 g/mol. The van der Waals surface area contributed by atoms with Crippen molar-refractivity contribution in [2.75, 3.05) is 18.7 Å². The second-order valence-electron chi connectivity index (χ2n) is 5.04. The van der Waals surface area contributed by atoms with Gasteiger partial charge in [0.2, 0.25) is 6.79 Å². The van der Waals surface area contributed by atoms with Crippen LogP contribution in [-0.2, 0) is 11.0 Å². The number of amides is 1. The molecule has 0 aliphatic carbocycles. The van der Waals surface area contributed by atoms with Gasteiger partial charge in [-0.1, -0.05) is 11.6 Å². The molecule has 0 spiro atoms. The summed E-state index contributed by atoms with van der Waals surface area (Å²) in [6, 6.07) is 7.42. The van der Waals surface area contributed by atoms with Gasteiger partial charge in [0.25, 0.3) is 5.91 Å². The number of hydrogen-bond acceptors (Lipinski definition) is 4. The monoisotopic (exact) mass is 373 g/mol. The molecule has 0 saturated heterocycles. The van der Waals surface area contributed by atoms with Gasteiger partial charge >= 0.3 is 6.18 Å². The molecule has 0 saturated carbocycles. The van der Waals surface area contributed by atoms with Gasteiger partial charge in [-0.05, 0) is 30.3 Å². The normalized spacial score (nSPS) is 12.8. The highest BCUT2D eigenvalue weighted by molar-refractivity contribution is 6.33. The van der Waals surface area contributed by atoms with E-state index >= 15 is 0 Å². The van der Waals surface area contributed by atoms with Crippen LogP contribution in [-0.4, -0.2) is 19.3 Å². The summed E-state index contributed by atoms with van der Waals surface area (Å²) in [5.74, 6) is 0.750. The first-order chi connectivity index (χ1) is 11.8. The van der Waals surface area contributed by atoms with Crippen LogP contribution in [0.25, 0.3) is 0 Å². The van der Waals surface area contributed by atoms with E-state index in [-0.39, 0.29) is 17.5 Å². The summed E-state index contributed by atoms with van der Waals surface area (Å²) in [6.45, 7) is -0.306. The van der Waals surface area contributed by atoms with E-state index in [1.54, 1.807) is 18.2 Å². The molecule has 132 valence electrons. The predicted molar refractivity (Wildman–Crippen MR) is 83.1 cm³/mol. The first-order valence-electron chi connectivity index (χ1n) is 7.02. The second-order valence-corrected chi connectivity index (χ2v) is 5.45. The lowest BCUT2D eigenvalue weighted by Crippen LogP contribution is -2.20. The van der Waals surface area contributed by atoms with E-state index in [1.807, 2.05) is 0 Å². The fraction of sp³-hybridized carbons (Fsp3) is 0.188. The van der Waals surface area contributed by atoms with Crippen molar-refractivity contribution in [3.63, 3.8) is 0 Å². The van der Waals surface area contributed by atoms with Gasteiger partial charge in [0.1, 0.15) is 5.75 Å². The Bertz CT molecular complexity index is 810. The standard InChI is InChI=1S/C16H11ClF3NO4/c17-11-3-1-9(16(18,19)20)5-12(11)21-15(22)7-23-10-2-4-13-14(6-10)25-8-24-13/h1-6H,7-8H2,(H,21,22). The maximum absolute atomic E-state index is 12.7. The van der Waals surface area contributed by atoms with Crippen LogP contribution in [0.4, 0.5) is 18.9 Å². The fourth-order valence-corrected chi connectivity index (χ4v) is 2.26. The molecule has 9 heteroatoms. The number of hydrogen-bond donors (Lipinski definition) is 1. The molecule has 0 unspecified atom stereocenters. The van der Waals surface area contributed by atoms with E-state index in [0.29, 0.717) is 17.2 Å². The molecule has 0 fully saturated rings. The molecule has 2 aromatic rings. The smallest absolute Gasteiger partial charge is 0.416 e. The number of benzene rings is 2. The third kappa shape index (κ3) is 4.08. The zero-order chi connectivity index (χ0) is 18.0. The summed E-state index contributed by atoms with van der Waals surface area (Å²) >= 11 is 5.82. The summed E-state index contributed by atoms with van der Waals surface area (Å²) in [5.41, 5.74) is -1.06. The Kier molecular flexibility index (Phi) is 4.63. The largest absolute Gasteiger partial charge is 0.484 e. The Labute approximate surface area is 145 Å². The predicted octanol–water partition coefficient (Wildman–Crippen LogP) is 4.11. The zero-order valence-corrected chi connectivity index (χ0v) is 13.3. The first kappa shape index (κ1) is 17.2. The number of rotatable bonds is 4. The minimum absolute atomic E-state index is 0.00979. The number of carbonyl (C=O) groups is 1. The van der Waals surface area contributed by atoms with E-state index in [2.05, 4.69) is 5.32 Å². The molecule has 2 aromatic carbocycles. The summed E-state index contributed by atoms with van der Waals surface area (Å²) in [4.78, 5) is 11.9. The number of carbonyl (C=O) groups excluding carboxylic acids is 1. The molecule has 1 heterocycles. The summed E-state index contributed by atoms with van der Waals surface area (Å²) in [7, 11) is 0. The highest BCUT2D eigenvalue weighted by Gasteiger charge is 2.31. The molecule has 1 aliphatic heterocycles. The quantitative estimate of drug-likeness (QED) is 0.876. The maximum atomic E-state index is 12.7. The lowest BCUT2D eigenvalue weighted by Gasteiger charge is -2.12. The molecule has 25 heavy (non-hydrogen) atoms. The molecule has 0 aromatic heterocycles. The van der Waals surface area contributed by atoms with Crippen LogP contribution in [0.1, 0.15) is 5.56 Å². The Morgan fingerprint density at radius 1 is 1.16 bits per heavy atom. The van der Waals surface area contributed by atoms with Crippen LogP contribution >= 0.6 is 11.6 Å². The minimum Gasteiger partial charge on any atom is -0.484 e. The van der Waals surface area contributed by atoms with Crippen LogP contribution in [0, 0.1) is 0 Å². The molecule has 3 rings (SSSR count). The van der Waals surface area contributed by atoms with Crippen LogP contribution in [0.3, 0.4) is 0 Å². The van der Waals surface area contributed by atoms with Crippen LogP contribution < -0.4 is 19.5 Å². The van der Waals surface area contributed by atoms with Crippen LogP contribution in [0.2, 0.25) is 5.02 Å². The topological polar surface area (TPSA) is 56.8 Å². The van der Waals surface area contributed by atoms with Gasteiger partial charge in [-0.2, -0.15) is 13.2 Å². The first-order valence-corrected chi connectivity index (χ1v) is 7.40. The molecule has 0 bridgehead atoms. The van der Waals surface area contributed by atoms with Gasteiger partial charge < -0.3 is 19.5 Å². The highest BCUT2D eigenvalue weighted by atomic mass is 35.5. The molecule has 5 nitrogen and oxygen atoms in total. The van der Waals surface area contributed by atoms with Crippen molar-refractivity contribution in [1.82, 2.24) is 0 Å². The number of nitrogens with one attached hydrogen (secondary N) is 1. The van der Waals surface area contributed by atoms with Crippen molar-refractivity contribution in [3.05, 3.63) is 47.0 Å². The van der Waals surface area contributed by atoms with Gasteiger partial charge in [-0.15, -0.1) is 0 Å². The van der Waals surface area contributed by atoms with Crippen molar-refractivity contribution >= 4 is 23.2 Å². The lowest BCUT2D eigenvalue weighted by atomic mass is 10.2. The SMILES string of the molecule is O=C(COc1ccc2c(c1)OCO2)Nc1cc(C(F)(F)F)ccc1Cl. The molecule has 1 aliphatic rings. The molecular formula is C16H11ClF3NO4. The molecule has 1 amide bonds. The average molecular weight is 374 g/mol. The number of halogens is 4. The van der Waals surface area contributed by atoms with E-state index in [0.717, 1.165) is 18.2 Å². The molecule has 0 radical (unpaired) electrons. The van der Waals surface area contributed by atoms with Crippen molar-refractivity contribution in [2.24, 2.45) is 0 Å². The second kappa shape index (κ2) is 6.72.